The zero-order valence-corrected chi connectivity index (χ0v) is 9.56. The molecule has 1 fully saturated rings. The quantitative estimate of drug-likeness (QED) is 0.233. The number of hydrogen-bond acceptors (Lipinski definition) is 5. The molecule has 0 unspecified atom stereocenters. The molecule has 0 amide bonds. The van der Waals surface area contributed by atoms with Crippen LogP contribution in [0.25, 0.3) is 0 Å². The van der Waals surface area contributed by atoms with Gasteiger partial charge in [-0.3, -0.25) is 9.69 Å². The fourth-order valence-corrected chi connectivity index (χ4v) is 1.85. The van der Waals surface area contributed by atoms with E-state index >= 15 is 0 Å². The van der Waals surface area contributed by atoms with Crippen LogP contribution in [-0.4, -0.2) is 48.2 Å². The number of likely N-dealkylation sites (tertiary alicyclic amines) is 1. The van der Waals surface area contributed by atoms with Crippen molar-refractivity contribution in [3.05, 3.63) is 0 Å². The number of nitrogens with two attached hydrogens (primary N) is 1. The summed E-state index contributed by atoms with van der Waals surface area (Å²) in [4.78, 5) is 13.5. The molecule has 0 atom stereocenters. The number of piperidine rings is 1. The molecule has 16 heavy (non-hydrogen) atoms. The first-order chi connectivity index (χ1) is 7.67. The van der Waals surface area contributed by atoms with Crippen LogP contribution in [0.4, 0.5) is 0 Å². The largest absolute Gasteiger partial charge is 0.466 e. The summed E-state index contributed by atoms with van der Waals surface area (Å²) in [5, 5.41) is 11.4. The molecule has 0 radical (unpaired) electrons. The molecule has 0 spiro atoms. The highest BCUT2D eigenvalue weighted by atomic mass is 16.5. The van der Waals surface area contributed by atoms with Crippen molar-refractivity contribution in [1.82, 2.24) is 4.90 Å². The number of oxime groups is 1. The zero-order chi connectivity index (χ0) is 12.0. The molecule has 0 aromatic rings. The van der Waals surface area contributed by atoms with Gasteiger partial charge in [-0.1, -0.05) is 5.16 Å². The van der Waals surface area contributed by atoms with Crippen molar-refractivity contribution < 1.29 is 14.7 Å². The Bertz CT molecular complexity index is 260. The third kappa shape index (κ3) is 3.69. The van der Waals surface area contributed by atoms with Crippen molar-refractivity contribution in [1.29, 1.82) is 0 Å². The average molecular weight is 229 g/mol. The molecule has 0 aromatic heterocycles. The lowest BCUT2D eigenvalue weighted by Crippen LogP contribution is -2.41. The van der Waals surface area contributed by atoms with Crippen LogP contribution in [0.1, 0.15) is 19.8 Å². The summed E-state index contributed by atoms with van der Waals surface area (Å²) in [6.45, 7) is 4.25. The number of nitrogens with zero attached hydrogens (tertiary/aromatic N) is 2. The van der Waals surface area contributed by atoms with Crippen LogP contribution >= 0.6 is 0 Å². The van der Waals surface area contributed by atoms with E-state index in [9.17, 15) is 4.79 Å². The first-order valence-corrected chi connectivity index (χ1v) is 5.52. The van der Waals surface area contributed by atoms with E-state index in [0.717, 1.165) is 25.9 Å². The number of carbonyl (C=O) groups is 1. The SMILES string of the molecule is CCOC(=O)C1CCN(C/C(N)=N/O)CC1. The van der Waals surface area contributed by atoms with E-state index in [1.54, 1.807) is 0 Å². The normalized spacial score (nSPS) is 19.7. The van der Waals surface area contributed by atoms with Crippen molar-refractivity contribution in [2.75, 3.05) is 26.2 Å². The molecule has 1 rings (SSSR count). The molecule has 0 saturated carbocycles. The smallest absolute Gasteiger partial charge is 0.309 e. The fourth-order valence-electron chi connectivity index (χ4n) is 1.85. The van der Waals surface area contributed by atoms with Crippen LogP contribution in [0.15, 0.2) is 5.16 Å². The summed E-state index contributed by atoms with van der Waals surface area (Å²) < 4.78 is 4.97. The van der Waals surface area contributed by atoms with E-state index in [0.29, 0.717) is 13.2 Å². The summed E-state index contributed by atoms with van der Waals surface area (Å²) in [5.74, 6) is 0.101. The maximum absolute atomic E-state index is 11.5. The van der Waals surface area contributed by atoms with Gasteiger partial charge in [0.15, 0.2) is 5.84 Å². The fraction of sp³-hybridized carbons (Fsp3) is 0.800. The highest BCUT2D eigenvalue weighted by Gasteiger charge is 2.26. The lowest BCUT2D eigenvalue weighted by molar-refractivity contribution is -0.149. The minimum absolute atomic E-state index is 0.00323. The summed E-state index contributed by atoms with van der Waals surface area (Å²) in [5.41, 5.74) is 5.41. The van der Waals surface area contributed by atoms with Crippen LogP contribution in [0, 0.1) is 5.92 Å². The third-order valence-electron chi connectivity index (χ3n) is 2.72. The van der Waals surface area contributed by atoms with E-state index in [1.165, 1.54) is 0 Å². The molecular weight excluding hydrogens is 210 g/mol. The van der Waals surface area contributed by atoms with Gasteiger partial charge in [0, 0.05) is 0 Å². The number of amidine groups is 1. The molecule has 6 nitrogen and oxygen atoms in total. The monoisotopic (exact) mass is 229 g/mol. The Morgan fingerprint density at radius 3 is 2.69 bits per heavy atom. The second kappa shape index (κ2) is 6.32. The molecule has 0 aromatic carbocycles. The molecule has 3 N–H and O–H groups in total. The van der Waals surface area contributed by atoms with Crippen LogP contribution in [0.3, 0.4) is 0 Å². The summed E-state index contributed by atoms with van der Waals surface area (Å²) in [6.07, 6.45) is 1.55. The van der Waals surface area contributed by atoms with Gasteiger partial charge < -0.3 is 15.7 Å². The van der Waals surface area contributed by atoms with Crippen molar-refractivity contribution in [3.8, 4) is 0 Å². The van der Waals surface area contributed by atoms with Crippen LogP contribution in [-0.2, 0) is 9.53 Å². The van der Waals surface area contributed by atoms with Crippen molar-refractivity contribution >= 4 is 11.8 Å². The van der Waals surface area contributed by atoms with Crippen LogP contribution < -0.4 is 5.73 Å². The molecule has 1 aliphatic rings. The first kappa shape index (κ1) is 12.8. The van der Waals surface area contributed by atoms with E-state index in [2.05, 4.69) is 10.1 Å². The Kier molecular flexibility index (Phi) is 5.04. The Labute approximate surface area is 95.0 Å². The predicted octanol–water partition coefficient (Wildman–Crippen LogP) is 0.00790. The second-order valence-electron chi connectivity index (χ2n) is 3.89. The molecule has 0 bridgehead atoms. The molecule has 6 heteroatoms. The molecule has 1 aliphatic heterocycles. The minimum Gasteiger partial charge on any atom is -0.466 e. The van der Waals surface area contributed by atoms with Gasteiger partial charge in [-0.05, 0) is 32.9 Å². The van der Waals surface area contributed by atoms with Crippen LogP contribution in [0.2, 0.25) is 0 Å². The van der Waals surface area contributed by atoms with Gasteiger partial charge in [0.05, 0.1) is 19.1 Å². The van der Waals surface area contributed by atoms with E-state index in [1.807, 2.05) is 6.92 Å². The van der Waals surface area contributed by atoms with E-state index < -0.39 is 0 Å². The van der Waals surface area contributed by atoms with Gasteiger partial charge in [0.25, 0.3) is 0 Å². The van der Waals surface area contributed by atoms with E-state index in [4.69, 9.17) is 15.7 Å². The summed E-state index contributed by atoms with van der Waals surface area (Å²) in [7, 11) is 0. The minimum atomic E-state index is -0.106. The van der Waals surface area contributed by atoms with Gasteiger partial charge in [-0.15, -0.1) is 0 Å². The highest BCUT2D eigenvalue weighted by molar-refractivity contribution is 5.81. The Hall–Kier alpha value is -1.30. The van der Waals surface area contributed by atoms with Gasteiger partial charge in [-0.2, -0.15) is 0 Å². The third-order valence-corrected chi connectivity index (χ3v) is 2.72. The number of ether oxygens (including phenoxy) is 1. The van der Waals surface area contributed by atoms with Crippen molar-refractivity contribution in [2.45, 2.75) is 19.8 Å². The number of carbonyl (C=O) groups excluding carboxylic acids is 1. The summed E-state index contributed by atoms with van der Waals surface area (Å²) >= 11 is 0. The van der Waals surface area contributed by atoms with Crippen molar-refractivity contribution in [3.63, 3.8) is 0 Å². The molecular formula is C10H19N3O3. The Balaban J connectivity index is 2.31. The Morgan fingerprint density at radius 2 is 2.19 bits per heavy atom. The molecule has 92 valence electrons. The maximum Gasteiger partial charge on any atom is 0.309 e. The highest BCUT2D eigenvalue weighted by Crippen LogP contribution is 2.18. The summed E-state index contributed by atoms with van der Waals surface area (Å²) in [6, 6.07) is 0. The molecule has 0 aliphatic carbocycles. The zero-order valence-electron chi connectivity index (χ0n) is 9.56. The molecule has 1 heterocycles. The van der Waals surface area contributed by atoms with Gasteiger partial charge >= 0.3 is 5.97 Å². The van der Waals surface area contributed by atoms with Gasteiger partial charge in [0.1, 0.15) is 0 Å². The average Bonchev–Trinajstić information content (AvgIpc) is 2.30. The lowest BCUT2D eigenvalue weighted by Gasteiger charge is -2.30. The van der Waals surface area contributed by atoms with Crippen LogP contribution in [0.5, 0.6) is 0 Å². The number of rotatable bonds is 4. The maximum atomic E-state index is 11.5. The Morgan fingerprint density at radius 1 is 1.56 bits per heavy atom. The van der Waals surface area contributed by atoms with Gasteiger partial charge in [0.2, 0.25) is 0 Å². The standard InChI is InChI=1S/C10H19N3O3/c1-2-16-10(14)8-3-5-13(6-4-8)7-9(11)12-15/h8,15H,2-7H2,1H3,(H2,11,12). The van der Waals surface area contributed by atoms with Gasteiger partial charge in [-0.25, -0.2) is 0 Å². The number of hydrogen-bond donors (Lipinski definition) is 2. The topological polar surface area (TPSA) is 88.2 Å². The predicted molar refractivity (Wildman–Crippen MR) is 59.2 cm³/mol. The second-order valence-corrected chi connectivity index (χ2v) is 3.89. The first-order valence-electron chi connectivity index (χ1n) is 5.52. The van der Waals surface area contributed by atoms with Crippen molar-refractivity contribution in [2.24, 2.45) is 16.8 Å². The molecule has 1 saturated heterocycles. The van der Waals surface area contributed by atoms with E-state index in [-0.39, 0.29) is 17.7 Å². The lowest BCUT2D eigenvalue weighted by atomic mass is 9.97. The number of esters is 1.